The molecule has 0 aromatic carbocycles. The molecule has 17 heavy (non-hydrogen) atoms. The van der Waals surface area contributed by atoms with Gasteiger partial charge in [0.15, 0.2) is 5.78 Å². The highest BCUT2D eigenvalue weighted by molar-refractivity contribution is 5.90. The lowest BCUT2D eigenvalue weighted by molar-refractivity contribution is -0.114. The summed E-state index contributed by atoms with van der Waals surface area (Å²) in [4.78, 5) is 11.4. The molecule has 0 aromatic heterocycles. The third kappa shape index (κ3) is 7.36. The zero-order valence-corrected chi connectivity index (χ0v) is 11.5. The van der Waals surface area contributed by atoms with Crippen molar-refractivity contribution >= 4 is 5.78 Å². The molecule has 1 nitrogen and oxygen atoms in total. The van der Waals surface area contributed by atoms with E-state index >= 15 is 0 Å². The van der Waals surface area contributed by atoms with Crippen LogP contribution in [-0.4, -0.2) is 5.78 Å². The lowest BCUT2D eigenvalue weighted by atomic mass is 10.0. The van der Waals surface area contributed by atoms with Crippen molar-refractivity contribution in [3.63, 3.8) is 0 Å². The van der Waals surface area contributed by atoms with Gasteiger partial charge in [-0.3, -0.25) is 4.79 Å². The van der Waals surface area contributed by atoms with Crippen molar-refractivity contribution in [3.05, 3.63) is 11.6 Å². The maximum Gasteiger partial charge on any atom is 0.155 e. The van der Waals surface area contributed by atoms with E-state index in [9.17, 15) is 4.79 Å². The highest BCUT2D eigenvalue weighted by Gasteiger charge is 2.07. The van der Waals surface area contributed by atoms with E-state index in [0.29, 0.717) is 5.78 Å². The van der Waals surface area contributed by atoms with Crippen LogP contribution in [0.3, 0.4) is 0 Å². The van der Waals surface area contributed by atoms with Crippen LogP contribution in [-0.2, 0) is 4.79 Å². The van der Waals surface area contributed by atoms with Gasteiger partial charge in [-0.25, -0.2) is 0 Å². The van der Waals surface area contributed by atoms with Crippen LogP contribution in [0.1, 0.15) is 84.0 Å². The molecule has 0 bridgehead atoms. The summed E-state index contributed by atoms with van der Waals surface area (Å²) in [6.07, 6.45) is 16.9. The predicted molar refractivity (Wildman–Crippen MR) is 74.2 cm³/mol. The van der Waals surface area contributed by atoms with Crippen LogP contribution in [0.15, 0.2) is 11.6 Å². The van der Waals surface area contributed by atoms with Gasteiger partial charge in [0.1, 0.15) is 0 Å². The third-order valence-corrected chi connectivity index (χ3v) is 3.64. The first-order valence-corrected chi connectivity index (χ1v) is 7.55. The van der Waals surface area contributed by atoms with Crippen LogP contribution < -0.4 is 0 Å². The monoisotopic (exact) mass is 236 g/mol. The smallest absolute Gasteiger partial charge is 0.155 e. The van der Waals surface area contributed by atoms with Crippen LogP contribution in [0.2, 0.25) is 0 Å². The highest BCUT2D eigenvalue weighted by Crippen LogP contribution is 2.20. The molecular weight excluding hydrogens is 208 g/mol. The number of rotatable bonds is 8. The molecule has 0 amide bonds. The first-order valence-electron chi connectivity index (χ1n) is 7.55. The van der Waals surface area contributed by atoms with E-state index in [0.717, 1.165) is 12.8 Å². The normalized spacial score (nSPS) is 16.8. The summed E-state index contributed by atoms with van der Waals surface area (Å²) in [7, 11) is 0. The van der Waals surface area contributed by atoms with Gasteiger partial charge in [-0.15, -0.1) is 0 Å². The molecule has 1 aliphatic rings. The number of carbonyl (C=O) groups excluding carboxylic acids is 1. The summed E-state index contributed by atoms with van der Waals surface area (Å²) in [6, 6.07) is 0. The van der Waals surface area contributed by atoms with Gasteiger partial charge in [0.05, 0.1) is 0 Å². The number of allylic oxidation sites excluding steroid dienone is 2. The van der Waals surface area contributed by atoms with Gasteiger partial charge in [-0.1, -0.05) is 51.0 Å². The summed E-state index contributed by atoms with van der Waals surface area (Å²) in [6.45, 7) is 2.26. The molecule has 0 N–H and O–H groups in total. The van der Waals surface area contributed by atoms with E-state index in [2.05, 4.69) is 6.92 Å². The van der Waals surface area contributed by atoms with Crippen LogP contribution in [0.5, 0.6) is 0 Å². The van der Waals surface area contributed by atoms with Crippen LogP contribution >= 0.6 is 0 Å². The van der Waals surface area contributed by atoms with Crippen molar-refractivity contribution < 1.29 is 4.79 Å². The molecule has 0 aliphatic heterocycles. The number of ketones is 1. The summed E-state index contributed by atoms with van der Waals surface area (Å²) in [5.41, 5.74) is 1.42. The minimum Gasteiger partial charge on any atom is -0.295 e. The van der Waals surface area contributed by atoms with Crippen LogP contribution in [0.25, 0.3) is 0 Å². The fourth-order valence-electron chi connectivity index (χ4n) is 2.53. The van der Waals surface area contributed by atoms with E-state index in [1.165, 1.54) is 69.8 Å². The average Bonchev–Trinajstić information content (AvgIpc) is 2.52. The Morgan fingerprint density at radius 1 is 0.941 bits per heavy atom. The topological polar surface area (TPSA) is 17.1 Å². The molecule has 0 atom stereocenters. The summed E-state index contributed by atoms with van der Waals surface area (Å²) in [5, 5.41) is 0. The maximum absolute atomic E-state index is 11.4. The third-order valence-electron chi connectivity index (χ3n) is 3.64. The number of unbranched alkanes of at least 4 members (excludes halogenated alkanes) is 6. The second-order valence-electron chi connectivity index (χ2n) is 5.35. The predicted octanol–water partition coefficient (Wildman–Crippen LogP) is 5.20. The standard InChI is InChI=1S/C16H28O/c1-2-3-4-5-6-7-8-11-15-12-9-10-13-16(17)14-15/h14H,2-13H2,1H3. The van der Waals surface area contributed by atoms with Gasteiger partial charge in [-0.05, 0) is 38.2 Å². The Hall–Kier alpha value is -0.590. The van der Waals surface area contributed by atoms with Crippen LogP contribution in [0, 0.1) is 0 Å². The van der Waals surface area contributed by atoms with E-state index in [4.69, 9.17) is 0 Å². The van der Waals surface area contributed by atoms with Gasteiger partial charge in [-0.2, -0.15) is 0 Å². The lowest BCUT2D eigenvalue weighted by Crippen LogP contribution is -1.91. The quantitative estimate of drug-likeness (QED) is 0.530. The fraction of sp³-hybridized carbons (Fsp3) is 0.812. The molecule has 1 heteroatoms. The molecule has 0 radical (unpaired) electrons. The van der Waals surface area contributed by atoms with Crippen LogP contribution in [0.4, 0.5) is 0 Å². The van der Waals surface area contributed by atoms with Crippen molar-refractivity contribution in [2.75, 3.05) is 0 Å². The zero-order chi connectivity index (χ0) is 12.3. The lowest BCUT2D eigenvalue weighted by Gasteiger charge is -2.04. The molecule has 0 aromatic rings. The SMILES string of the molecule is CCCCCCCCCC1=CC(=O)CCCC1. The Bertz CT molecular complexity index is 240. The minimum absolute atomic E-state index is 0.362. The average molecular weight is 236 g/mol. The van der Waals surface area contributed by atoms with Gasteiger partial charge < -0.3 is 0 Å². The molecule has 1 aliphatic carbocycles. The van der Waals surface area contributed by atoms with Gasteiger partial charge >= 0.3 is 0 Å². The van der Waals surface area contributed by atoms with E-state index in [-0.39, 0.29) is 0 Å². The Morgan fingerprint density at radius 2 is 1.59 bits per heavy atom. The molecule has 0 unspecified atom stereocenters. The Labute approximate surface area is 107 Å². The van der Waals surface area contributed by atoms with E-state index in [1.54, 1.807) is 0 Å². The molecular formula is C16H28O. The highest BCUT2D eigenvalue weighted by atomic mass is 16.1. The molecule has 0 spiro atoms. The number of hydrogen-bond acceptors (Lipinski definition) is 1. The number of carbonyl (C=O) groups is 1. The second kappa shape index (κ2) is 9.44. The molecule has 0 saturated heterocycles. The Morgan fingerprint density at radius 3 is 2.35 bits per heavy atom. The van der Waals surface area contributed by atoms with Gasteiger partial charge in [0, 0.05) is 6.42 Å². The molecule has 1 rings (SSSR count). The van der Waals surface area contributed by atoms with Crippen molar-refractivity contribution in [1.82, 2.24) is 0 Å². The van der Waals surface area contributed by atoms with Crippen molar-refractivity contribution in [2.45, 2.75) is 84.0 Å². The molecule has 98 valence electrons. The molecule has 0 fully saturated rings. The van der Waals surface area contributed by atoms with E-state index in [1.807, 2.05) is 6.08 Å². The van der Waals surface area contributed by atoms with Crippen molar-refractivity contribution in [2.24, 2.45) is 0 Å². The summed E-state index contributed by atoms with van der Waals surface area (Å²) >= 11 is 0. The maximum atomic E-state index is 11.4. The number of hydrogen-bond donors (Lipinski definition) is 0. The fourth-order valence-corrected chi connectivity index (χ4v) is 2.53. The first-order chi connectivity index (χ1) is 8.33. The van der Waals surface area contributed by atoms with E-state index < -0.39 is 0 Å². The minimum atomic E-state index is 0.362. The zero-order valence-electron chi connectivity index (χ0n) is 11.5. The van der Waals surface area contributed by atoms with Crippen molar-refractivity contribution in [3.8, 4) is 0 Å². The first kappa shape index (κ1) is 14.5. The Kier molecular flexibility index (Phi) is 8.04. The second-order valence-corrected chi connectivity index (χ2v) is 5.35. The summed E-state index contributed by atoms with van der Waals surface area (Å²) < 4.78 is 0. The van der Waals surface area contributed by atoms with Gasteiger partial charge in [0.2, 0.25) is 0 Å². The Balaban J connectivity index is 2.03. The summed E-state index contributed by atoms with van der Waals surface area (Å²) in [5.74, 6) is 0.362. The molecule has 0 saturated carbocycles. The van der Waals surface area contributed by atoms with Crippen molar-refractivity contribution in [1.29, 1.82) is 0 Å². The molecule has 0 heterocycles. The largest absolute Gasteiger partial charge is 0.295 e. The van der Waals surface area contributed by atoms with Gasteiger partial charge in [0.25, 0.3) is 0 Å².